The second-order valence-corrected chi connectivity index (χ2v) is 8.79. The molecule has 0 aliphatic carbocycles. The second-order valence-electron chi connectivity index (χ2n) is 8.36. The quantitative estimate of drug-likeness (QED) is 0.417. The predicted octanol–water partition coefficient (Wildman–Crippen LogP) is 4.85. The van der Waals surface area contributed by atoms with Crippen molar-refractivity contribution in [1.82, 2.24) is 19.7 Å². The van der Waals surface area contributed by atoms with E-state index in [1.165, 1.54) is 0 Å². The van der Waals surface area contributed by atoms with Gasteiger partial charge in [-0.25, -0.2) is 4.98 Å². The Morgan fingerprint density at radius 1 is 1.09 bits per heavy atom. The lowest BCUT2D eigenvalue weighted by Crippen LogP contribution is -2.41. The van der Waals surface area contributed by atoms with Gasteiger partial charge >= 0.3 is 0 Å². The number of hydrogen-bond acceptors (Lipinski definition) is 6. The lowest BCUT2D eigenvalue weighted by atomic mass is 9.97. The highest BCUT2D eigenvalue weighted by Gasteiger charge is 2.27. The normalized spacial score (nSPS) is 15.6. The molecule has 0 saturated carbocycles. The Hall–Kier alpha value is -3.91. The molecule has 1 amide bonds. The van der Waals surface area contributed by atoms with Crippen molar-refractivity contribution < 1.29 is 9.53 Å². The van der Waals surface area contributed by atoms with Crippen LogP contribution in [-0.4, -0.2) is 45.9 Å². The predicted molar refractivity (Wildman–Crippen MR) is 136 cm³/mol. The average molecular weight is 489 g/mol. The number of hydrogen-bond donors (Lipinski definition) is 1. The number of nitrogens with zero attached hydrogens (tertiary/aromatic N) is 5. The van der Waals surface area contributed by atoms with Crippen LogP contribution in [0.3, 0.4) is 0 Å². The van der Waals surface area contributed by atoms with Crippen molar-refractivity contribution in [2.24, 2.45) is 5.92 Å². The van der Waals surface area contributed by atoms with Gasteiger partial charge in [-0.05, 0) is 43.2 Å². The van der Waals surface area contributed by atoms with Crippen LogP contribution in [0.2, 0.25) is 5.02 Å². The van der Waals surface area contributed by atoms with E-state index in [9.17, 15) is 4.79 Å². The zero-order chi connectivity index (χ0) is 24.2. The number of rotatable bonds is 6. The first-order valence-corrected chi connectivity index (χ1v) is 11.8. The van der Waals surface area contributed by atoms with Gasteiger partial charge in [-0.2, -0.15) is 0 Å². The number of ether oxygens (including phenoxy) is 1. The van der Waals surface area contributed by atoms with Crippen LogP contribution >= 0.6 is 11.6 Å². The smallest absolute Gasteiger partial charge is 0.229 e. The number of imidazole rings is 1. The Balaban J connectivity index is 1.29. The van der Waals surface area contributed by atoms with E-state index in [-0.39, 0.29) is 11.8 Å². The molecule has 1 N–H and O–H groups in total. The summed E-state index contributed by atoms with van der Waals surface area (Å²) in [6.45, 7) is 1.38. The number of methoxy groups -OCH3 is 1. The van der Waals surface area contributed by atoms with E-state index in [1.54, 1.807) is 31.5 Å². The first-order chi connectivity index (χ1) is 17.1. The van der Waals surface area contributed by atoms with Gasteiger partial charge < -0.3 is 15.0 Å². The summed E-state index contributed by atoms with van der Waals surface area (Å²) in [5, 5.41) is 12.4. The lowest BCUT2D eigenvalue weighted by molar-refractivity contribution is -0.120. The van der Waals surface area contributed by atoms with Crippen LogP contribution in [-0.2, 0) is 4.79 Å². The van der Waals surface area contributed by atoms with E-state index < -0.39 is 0 Å². The van der Waals surface area contributed by atoms with Crippen molar-refractivity contribution >= 4 is 29.0 Å². The first kappa shape index (κ1) is 22.9. The SMILES string of the molecule is COc1ccc(Cl)cc1NC(=O)C1CCCN(c2ccc(-n3ccnc3-c3ccccc3)nn2)C1. The summed E-state index contributed by atoms with van der Waals surface area (Å²) >= 11 is 6.10. The van der Waals surface area contributed by atoms with E-state index in [0.29, 0.717) is 28.8 Å². The summed E-state index contributed by atoms with van der Waals surface area (Å²) in [5.74, 6) is 2.56. The molecule has 1 atom stereocenters. The number of carbonyl (C=O) groups is 1. The van der Waals surface area contributed by atoms with E-state index in [4.69, 9.17) is 16.3 Å². The minimum absolute atomic E-state index is 0.0641. The third-order valence-corrected chi connectivity index (χ3v) is 6.33. The van der Waals surface area contributed by atoms with Crippen LogP contribution in [0.4, 0.5) is 11.5 Å². The summed E-state index contributed by atoms with van der Waals surface area (Å²) in [4.78, 5) is 19.6. The number of aromatic nitrogens is 4. The molecular weight excluding hydrogens is 464 g/mol. The van der Waals surface area contributed by atoms with Crippen LogP contribution in [0.1, 0.15) is 12.8 Å². The lowest BCUT2D eigenvalue weighted by Gasteiger charge is -2.32. The molecule has 0 radical (unpaired) electrons. The van der Waals surface area contributed by atoms with Crippen molar-refractivity contribution in [3.8, 4) is 23.0 Å². The van der Waals surface area contributed by atoms with Gasteiger partial charge in [-0.1, -0.05) is 41.9 Å². The highest BCUT2D eigenvalue weighted by molar-refractivity contribution is 6.31. The van der Waals surface area contributed by atoms with Crippen LogP contribution < -0.4 is 15.0 Å². The van der Waals surface area contributed by atoms with E-state index >= 15 is 0 Å². The van der Waals surface area contributed by atoms with Crippen LogP contribution in [0.5, 0.6) is 5.75 Å². The average Bonchev–Trinajstić information content (AvgIpc) is 3.40. The molecule has 0 bridgehead atoms. The van der Waals surface area contributed by atoms with Crippen molar-refractivity contribution in [1.29, 1.82) is 0 Å². The molecule has 178 valence electrons. The summed E-state index contributed by atoms with van der Waals surface area (Å²) in [5.41, 5.74) is 1.57. The Morgan fingerprint density at radius 2 is 1.89 bits per heavy atom. The summed E-state index contributed by atoms with van der Waals surface area (Å²) in [6.07, 6.45) is 5.30. The fraction of sp³-hybridized carbons (Fsp3) is 0.231. The molecular formula is C26H25ClN6O2. The molecule has 9 heteroatoms. The zero-order valence-electron chi connectivity index (χ0n) is 19.3. The Morgan fingerprint density at radius 3 is 2.66 bits per heavy atom. The van der Waals surface area contributed by atoms with E-state index in [2.05, 4.69) is 25.4 Å². The zero-order valence-corrected chi connectivity index (χ0v) is 20.0. The van der Waals surface area contributed by atoms with Crippen molar-refractivity contribution in [3.63, 3.8) is 0 Å². The molecule has 4 aromatic rings. The van der Waals surface area contributed by atoms with E-state index in [1.807, 2.05) is 53.2 Å². The number of anilines is 2. The van der Waals surface area contributed by atoms with Crippen molar-refractivity contribution in [3.05, 3.63) is 78.1 Å². The summed E-state index contributed by atoms with van der Waals surface area (Å²) in [6, 6.07) is 19.0. The summed E-state index contributed by atoms with van der Waals surface area (Å²) < 4.78 is 7.26. The molecule has 1 unspecified atom stereocenters. The number of piperidine rings is 1. The van der Waals surface area contributed by atoms with Crippen molar-refractivity contribution in [2.75, 3.05) is 30.4 Å². The van der Waals surface area contributed by atoms with Gasteiger partial charge in [-0.15, -0.1) is 10.2 Å². The largest absolute Gasteiger partial charge is 0.495 e. The molecule has 1 aliphatic heterocycles. The minimum atomic E-state index is -0.188. The topological polar surface area (TPSA) is 85.2 Å². The molecule has 1 saturated heterocycles. The first-order valence-electron chi connectivity index (χ1n) is 11.4. The standard InChI is InChI=1S/C26H25ClN6O2/c1-35-22-10-9-20(27)16-21(22)29-26(34)19-8-5-14-32(17-19)23-11-12-24(31-30-23)33-15-13-28-25(33)18-6-3-2-4-7-18/h2-4,6-7,9-13,15-16,19H,5,8,14,17H2,1H3,(H,29,34). The fourth-order valence-corrected chi connectivity index (χ4v) is 4.49. The fourth-order valence-electron chi connectivity index (χ4n) is 4.32. The third-order valence-electron chi connectivity index (χ3n) is 6.09. The van der Waals surface area contributed by atoms with Gasteiger partial charge in [0, 0.05) is 36.1 Å². The molecule has 8 nitrogen and oxygen atoms in total. The minimum Gasteiger partial charge on any atom is -0.495 e. The van der Waals surface area contributed by atoms with Gasteiger partial charge in [0.15, 0.2) is 11.6 Å². The van der Waals surface area contributed by atoms with Crippen LogP contribution in [0, 0.1) is 5.92 Å². The molecule has 3 heterocycles. The van der Waals surface area contributed by atoms with Gasteiger partial charge in [0.2, 0.25) is 5.91 Å². The maximum absolute atomic E-state index is 13.0. The van der Waals surface area contributed by atoms with Gasteiger partial charge in [0.05, 0.1) is 18.7 Å². The second kappa shape index (κ2) is 10.1. The van der Waals surface area contributed by atoms with Gasteiger partial charge in [0.25, 0.3) is 0 Å². The van der Waals surface area contributed by atoms with Gasteiger partial charge in [-0.3, -0.25) is 9.36 Å². The van der Waals surface area contributed by atoms with Crippen molar-refractivity contribution in [2.45, 2.75) is 12.8 Å². The highest BCUT2D eigenvalue weighted by atomic mass is 35.5. The van der Waals surface area contributed by atoms with Crippen LogP contribution in [0.15, 0.2) is 73.1 Å². The number of nitrogens with one attached hydrogen (secondary N) is 1. The molecule has 35 heavy (non-hydrogen) atoms. The monoisotopic (exact) mass is 488 g/mol. The highest BCUT2D eigenvalue weighted by Crippen LogP contribution is 2.30. The number of carbonyl (C=O) groups excluding carboxylic acids is 1. The number of halogens is 1. The van der Waals surface area contributed by atoms with Crippen LogP contribution in [0.25, 0.3) is 17.2 Å². The maximum atomic E-state index is 13.0. The molecule has 2 aromatic carbocycles. The summed E-state index contributed by atoms with van der Waals surface area (Å²) in [7, 11) is 1.57. The molecule has 2 aromatic heterocycles. The maximum Gasteiger partial charge on any atom is 0.229 e. The molecule has 1 aliphatic rings. The Kier molecular flexibility index (Phi) is 6.63. The Bertz CT molecular complexity index is 1310. The third kappa shape index (κ3) is 4.97. The van der Waals surface area contributed by atoms with E-state index in [0.717, 1.165) is 36.6 Å². The Labute approximate surface area is 208 Å². The molecule has 5 rings (SSSR count). The number of amides is 1. The molecule has 0 spiro atoms. The molecule has 1 fully saturated rings. The number of benzene rings is 2. The van der Waals surface area contributed by atoms with Gasteiger partial charge in [0.1, 0.15) is 11.6 Å².